The molecule has 0 spiro atoms. The minimum Gasteiger partial charge on any atom is -0.461 e. The van der Waals surface area contributed by atoms with E-state index in [0.29, 0.717) is 18.9 Å². The lowest BCUT2D eigenvalue weighted by Crippen LogP contribution is -2.43. The Morgan fingerprint density at radius 1 is 1.40 bits per heavy atom. The van der Waals surface area contributed by atoms with Crippen LogP contribution in [0.5, 0.6) is 6.01 Å². The Morgan fingerprint density at radius 3 is 2.80 bits per heavy atom. The van der Waals surface area contributed by atoms with E-state index in [1.165, 1.54) is 0 Å². The smallest absolute Gasteiger partial charge is 0.322 e. The van der Waals surface area contributed by atoms with Gasteiger partial charge in [0.15, 0.2) is 0 Å². The van der Waals surface area contributed by atoms with E-state index in [1.54, 1.807) is 11.9 Å². The minimum absolute atomic E-state index is 0.0419. The molecule has 1 aliphatic rings. The predicted octanol–water partition coefficient (Wildman–Crippen LogP) is 1.34. The average molecular weight is 300 g/mol. The Bertz CT molecular complexity index is 497. The Kier molecular flexibility index (Phi) is 4.59. The molecule has 0 saturated carbocycles. The first-order chi connectivity index (χ1) is 9.44. The van der Waals surface area contributed by atoms with Gasteiger partial charge in [-0.05, 0) is 31.9 Å². The first kappa shape index (κ1) is 14.8. The van der Waals surface area contributed by atoms with Crippen LogP contribution in [0.15, 0.2) is 0 Å². The summed E-state index contributed by atoms with van der Waals surface area (Å²) in [5.74, 6) is 0.522. The van der Waals surface area contributed by atoms with Crippen LogP contribution in [0.25, 0.3) is 0 Å². The number of anilines is 1. The third-order valence-electron chi connectivity index (χ3n) is 2.89. The normalized spacial score (nSPS) is 19.4. The highest BCUT2D eigenvalue weighted by molar-refractivity contribution is 6.28. The maximum absolute atomic E-state index is 11.4. The van der Waals surface area contributed by atoms with Gasteiger partial charge in [-0.2, -0.15) is 15.0 Å². The third kappa shape index (κ3) is 3.93. The number of hydrogen-bond donors (Lipinski definition) is 1. The molecule has 1 aliphatic heterocycles. The van der Waals surface area contributed by atoms with Crippen molar-refractivity contribution in [3.8, 4) is 6.01 Å². The molecule has 0 aliphatic carbocycles. The van der Waals surface area contributed by atoms with Gasteiger partial charge in [0.05, 0.1) is 6.10 Å². The van der Waals surface area contributed by atoms with Gasteiger partial charge in [-0.3, -0.25) is 4.79 Å². The van der Waals surface area contributed by atoms with Crippen LogP contribution in [0, 0.1) is 0 Å². The molecule has 1 atom stereocenters. The molecule has 8 heteroatoms. The van der Waals surface area contributed by atoms with Gasteiger partial charge in [0.1, 0.15) is 0 Å². The van der Waals surface area contributed by atoms with Crippen molar-refractivity contribution in [2.24, 2.45) is 0 Å². The maximum atomic E-state index is 11.4. The van der Waals surface area contributed by atoms with Crippen molar-refractivity contribution in [3.05, 3.63) is 5.28 Å². The van der Waals surface area contributed by atoms with Crippen LogP contribution in [-0.4, -0.2) is 51.5 Å². The fourth-order valence-corrected chi connectivity index (χ4v) is 2.12. The fourth-order valence-electron chi connectivity index (χ4n) is 1.97. The van der Waals surface area contributed by atoms with Gasteiger partial charge in [0.25, 0.3) is 0 Å². The zero-order chi connectivity index (χ0) is 14.7. The number of carbonyl (C=O) groups excluding carboxylic acids is 1. The summed E-state index contributed by atoms with van der Waals surface area (Å²) in [6, 6.07) is 0.297. The Labute approximate surface area is 122 Å². The van der Waals surface area contributed by atoms with E-state index < -0.39 is 0 Å². The summed E-state index contributed by atoms with van der Waals surface area (Å²) in [4.78, 5) is 25.2. The number of piperidine rings is 1. The van der Waals surface area contributed by atoms with E-state index in [0.717, 1.165) is 6.42 Å². The SMILES string of the molecule is CC(C)Oc1nc(Cl)nc(NC2CCC(=O)N(C)C2)n1. The van der Waals surface area contributed by atoms with E-state index >= 15 is 0 Å². The molecular weight excluding hydrogens is 282 g/mol. The first-order valence-electron chi connectivity index (χ1n) is 6.53. The summed E-state index contributed by atoms with van der Waals surface area (Å²) >= 11 is 5.86. The number of nitrogens with one attached hydrogen (secondary N) is 1. The molecule has 1 fully saturated rings. The Morgan fingerprint density at radius 2 is 2.15 bits per heavy atom. The maximum Gasteiger partial charge on any atom is 0.322 e. The van der Waals surface area contributed by atoms with Crippen LogP contribution in [0.4, 0.5) is 5.95 Å². The lowest BCUT2D eigenvalue weighted by atomic mass is 10.1. The number of hydrogen-bond acceptors (Lipinski definition) is 6. The topological polar surface area (TPSA) is 80.2 Å². The highest BCUT2D eigenvalue weighted by atomic mass is 35.5. The molecular formula is C12H18ClN5O2. The molecule has 1 N–H and O–H groups in total. The molecule has 1 amide bonds. The lowest BCUT2D eigenvalue weighted by Gasteiger charge is -2.30. The third-order valence-corrected chi connectivity index (χ3v) is 3.06. The molecule has 2 heterocycles. The lowest BCUT2D eigenvalue weighted by molar-refractivity contribution is -0.132. The Hall–Kier alpha value is -1.63. The van der Waals surface area contributed by atoms with Crippen molar-refractivity contribution in [2.75, 3.05) is 18.9 Å². The fraction of sp³-hybridized carbons (Fsp3) is 0.667. The van der Waals surface area contributed by atoms with Crippen LogP contribution in [-0.2, 0) is 4.79 Å². The quantitative estimate of drug-likeness (QED) is 0.904. The summed E-state index contributed by atoms with van der Waals surface area (Å²) in [6.07, 6.45) is 1.22. The van der Waals surface area contributed by atoms with Crippen molar-refractivity contribution in [3.63, 3.8) is 0 Å². The Balaban J connectivity index is 2.05. The van der Waals surface area contributed by atoms with E-state index in [9.17, 15) is 4.79 Å². The van der Waals surface area contributed by atoms with Crippen molar-refractivity contribution in [1.82, 2.24) is 19.9 Å². The van der Waals surface area contributed by atoms with Gasteiger partial charge in [-0.15, -0.1) is 0 Å². The van der Waals surface area contributed by atoms with Gasteiger partial charge < -0.3 is 15.0 Å². The molecule has 20 heavy (non-hydrogen) atoms. The molecule has 7 nitrogen and oxygen atoms in total. The second-order valence-electron chi connectivity index (χ2n) is 5.03. The van der Waals surface area contributed by atoms with Crippen molar-refractivity contribution < 1.29 is 9.53 Å². The van der Waals surface area contributed by atoms with Gasteiger partial charge in [0, 0.05) is 26.1 Å². The molecule has 0 aromatic carbocycles. The van der Waals surface area contributed by atoms with Crippen molar-refractivity contribution in [1.29, 1.82) is 0 Å². The minimum atomic E-state index is -0.0419. The zero-order valence-corrected chi connectivity index (χ0v) is 12.5. The number of ether oxygens (including phenoxy) is 1. The second kappa shape index (κ2) is 6.21. The van der Waals surface area contributed by atoms with Crippen molar-refractivity contribution >= 4 is 23.5 Å². The van der Waals surface area contributed by atoms with Crippen LogP contribution in [0.1, 0.15) is 26.7 Å². The van der Waals surface area contributed by atoms with Gasteiger partial charge in [-0.25, -0.2) is 0 Å². The predicted molar refractivity (Wildman–Crippen MR) is 74.9 cm³/mol. The molecule has 0 radical (unpaired) electrons. The summed E-state index contributed by atoms with van der Waals surface area (Å²) in [5.41, 5.74) is 0. The molecule has 1 aromatic rings. The summed E-state index contributed by atoms with van der Waals surface area (Å²) < 4.78 is 5.41. The molecule has 0 bridgehead atoms. The number of rotatable bonds is 4. The second-order valence-corrected chi connectivity index (χ2v) is 5.37. The van der Waals surface area contributed by atoms with Gasteiger partial charge in [0.2, 0.25) is 17.1 Å². The molecule has 1 saturated heterocycles. The molecule has 2 rings (SSSR count). The number of halogens is 1. The largest absolute Gasteiger partial charge is 0.461 e. The molecule has 1 unspecified atom stereocenters. The highest BCUT2D eigenvalue weighted by Gasteiger charge is 2.23. The molecule has 1 aromatic heterocycles. The average Bonchev–Trinajstić information content (AvgIpc) is 2.32. The van der Waals surface area contributed by atoms with Gasteiger partial charge >= 0.3 is 6.01 Å². The highest BCUT2D eigenvalue weighted by Crippen LogP contribution is 2.17. The van der Waals surface area contributed by atoms with Gasteiger partial charge in [-0.1, -0.05) is 0 Å². The van der Waals surface area contributed by atoms with Crippen molar-refractivity contribution in [2.45, 2.75) is 38.8 Å². The number of amides is 1. The van der Waals surface area contributed by atoms with Crippen LogP contribution in [0.2, 0.25) is 5.28 Å². The van der Waals surface area contributed by atoms with E-state index in [-0.39, 0.29) is 29.3 Å². The number of nitrogens with zero attached hydrogens (tertiary/aromatic N) is 4. The van der Waals surface area contributed by atoms with E-state index in [2.05, 4.69) is 20.3 Å². The van der Waals surface area contributed by atoms with E-state index in [1.807, 2.05) is 13.8 Å². The number of aromatic nitrogens is 3. The summed E-state index contributed by atoms with van der Waals surface area (Å²) in [7, 11) is 1.78. The number of carbonyl (C=O) groups is 1. The first-order valence-corrected chi connectivity index (χ1v) is 6.90. The van der Waals surface area contributed by atoms with E-state index in [4.69, 9.17) is 16.3 Å². The summed E-state index contributed by atoms with van der Waals surface area (Å²) in [6.45, 7) is 4.38. The van der Waals surface area contributed by atoms with Crippen LogP contribution in [0.3, 0.4) is 0 Å². The number of likely N-dealkylation sites (N-methyl/N-ethyl adjacent to an activating group) is 1. The van der Waals surface area contributed by atoms with Crippen LogP contribution >= 0.6 is 11.6 Å². The van der Waals surface area contributed by atoms with Crippen LogP contribution < -0.4 is 10.1 Å². The summed E-state index contributed by atoms with van der Waals surface area (Å²) in [5, 5.41) is 3.25. The zero-order valence-electron chi connectivity index (χ0n) is 11.8. The monoisotopic (exact) mass is 299 g/mol. The molecule has 110 valence electrons. The number of likely N-dealkylation sites (tertiary alicyclic amines) is 1. The standard InChI is InChI=1S/C12H18ClN5O2/c1-7(2)20-12-16-10(13)15-11(17-12)14-8-4-5-9(19)18(3)6-8/h7-8H,4-6H2,1-3H3,(H,14,15,16,17).